The highest BCUT2D eigenvalue weighted by Crippen LogP contribution is 2.57. The van der Waals surface area contributed by atoms with Gasteiger partial charge < -0.3 is 38.4 Å². The Kier molecular flexibility index (Phi) is 12.0. The van der Waals surface area contributed by atoms with Crippen molar-refractivity contribution in [2.75, 3.05) is 29.5 Å². The Morgan fingerprint density at radius 3 is 2.27 bits per heavy atom. The van der Waals surface area contributed by atoms with E-state index in [0.29, 0.717) is 65.3 Å². The van der Waals surface area contributed by atoms with Crippen LogP contribution in [0.25, 0.3) is 0 Å². The summed E-state index contributed by atoms with van der Waals surface area (Å²) in [6.07, 6.45) is 10.3. The van der Waals surface area contributed by atoms with Crippen molar-refractivity contribution in [1.29, 1.82) is 0 Å². The van der Waals surface area contributed by atoms with Crippen LogP contribution in [0.4, 0.5) is 11.4 Å². The number of hydrogen-bond acceptors (Lipinski definition) is 15. The molecule has 0 aromatic heterocycles. The van der Waals surface area contributed by atoms with Crippen LogP contribution in [0.15, 0.2) is 93.4 Å². The second kappa shape index (κ2) is 15.9. The van der Waals surface area contributed by atoms with Crippen LogP contribution in [-0.4, -0.2) is 96.2 Å². The van der Waals surface area contributed by atoms with Gasteiger partial charge in [0, 0.05) is 57.5 Å². The lowest BCUT2D eigenvalue weighted by molar-refractivity contribution is -0.630. The van der Waals surface area contributed by atoms with Crippen LogP contribution >= 0.6 is 12.0 Å². The van der Waals surface area contributed by atoms with Crippen molar-refractivity contribution in [3.8, 4) is 0 Å². The highest BCUT2D eigenvalue weighted by atomic mass is 32.2. The van der Waals surface area contributed by atoms with Gasteiger partial charge in [-0.3, -0.25) is 0 Å². The molecule has 2 N–H and O–H groups in total. The van der Waals surface area contributed by atoms with Gasteiger partial charge in [-0.2, -0.15) is 4.58 Å². The number of benzene rings is 2. The zero-order valence-electron chi connectivity index (χ0n) is 30.5. The van der Waals surface area contributed by atoms with Gasteiger partial charge in [0.2, 0.25) is 5.69 Å². The average molecular weight is 850 g/mol. The Hall–Kier alpha value is -3.21. The van der Waals surface area contributed by atoms with E-state index in [0.717, 1.165) is 35.3 Å². The predicted molar refractivity (Wildman–Crippen MR) is 202 cm³/mol. The van der Waals surface area contributed by atoms with Crippen LogP contribution in [0.5, 0.6) is 0 Å². The highest BCUT2D eigenvalue weighted by Gasteiger charge is 2.54. The Bertz CT molecular complexity index is 2400. The second-order valence-electron chi connectivity index (χ2n) is 14.9. The topological polar surface area (TPSA) is 251 Å². The third-order valence-corrected chi connectivity index (χ3v) is 13.9. The van der Waals surface area contributed by atoms with Crippen LogP contribution in [0.2, 0.25) is 0 Å². The summed E-state index contributed by atoms with van der Waals surface area (Å²) in [4.78, 5) is 1.85. The Morgan fingerprint density at radius 1 is 0.946 bits per heavy atom. The first-order valence-corrected chi connectivity index (χ1v) is 23.1. The minimum atomic E-state index is -4.80. The molecule has 3 atom stereocenters. The average Bonchev–Trinajstić information content (AvgIpc) is 3.81. The lowest BCUT2D eigenvalue weighted by Gasteiger charge is -2.31. The molecule has 304 valence electrons. The number of rotatable bonds is 14. The number of nitrogens with zero attached hydrogens (tertiary/aromatic N) is 2. The van der Waals surface area contributed by atoms with Gasteiger partial charge in [-0.05, 0) is 81.5 Å². The van der Waals surface area contributed by atoms with Crippen molar-refractivity contribution in [2.24, 2.45) is 0 Å². The molecule has 0 saturated heterocycles. The molecule has 2 saturated carbocycles. The number of allylic oxidation sites excluding steroid dienone is 8. The molecule has 1 spiro atoms. The summed E-state index contributed by atoms with van der Waals surface area (Å²) < 4.78 is 111. The monoisotopic (exact) mass is 849 g/mol. The molecule has 0 bridgehead atoms. The van der Waals surface area contributed by atoms with Gasteiger partial charge in [0.15, 0.2) is 12.3 Å². The predicted octanol–water partition coefficient (Wildman–Crippen LogP) is 2.50. The molecule has 56 heavy (non-hydrogen) atoms. The van der Waals surface area contributed by atoms with Gasteiger partial charge in [-0.1, -0.05) is 42.7 Å². The number of aliphatic hydroxyl groups excluding tert-OH is 2. The molecule has 0 amide bonds. The molecule has 6 rings (SSSR count). The van der Waals surface area contributed by atoms with Crippen LogP contribution in [-0.2, 0) is 45.5 Å². The van der Waals surface area contributed by atoms with E-state index in [9.17, 15) is 54.4 Å². The first-order chi connectivity index (χ1) is 26.1. The molecule has 2 aromatic rings. The molecule has 2 aliphatic carbocycles. The van der Waals surface area contributed by atoms with Gasteiger partial charge in [0.1, 0.15) is 16.2 Å². The van der Waals surface area contributed by atoms with E-state index >= 15 is 0 Å². The van der Waals surface area contributed by atoms with Crippen molar-refractivity contribution >= 4 is 59.5 Å². The number of β-amino-alcohol motifs (C(OH)–C–C–N with tert-alkyl or cyclic N) is 2. The van der Waals surface area contributed by atoms with Gasteiger partial charge in [0.05, 0.1) is 48.2 Å². The molecule has 0 radical (unpaired) electrons. The minimum Gasteiger partial charge on any atom is -0.748 e. The second-order valence-corrected chi connectivity index (χ2v) is 20.0. The van der Waals surface area contributed by atoms with Gasteiger partial charge in [0.25, 0.3) is 0 Å². The van der Waals surface area contributed by atoms with Crippen molar-refractivity contribution in [3.63, 3.8) is 0 Å². The smallest absolute Gasteiger partial charge is 0.209 e. The van der Waals surface area contributed by atoms with Crippen LogP contribution < -0.4 is 10.2 Å². The summed E-state index contributed by atoms with van der Waals surface area (Å²) in [5, 5.41) is 32.2. The normalized spacial score (nSPS) is 23.5. The largest absolute Gasteiger partial charge is 0.748 e. The van der Waals surface area contributed by atoms with Crippen molar-refractivity contribution in [1.82, 2.24) is 0 Å². The zero-order valence-corrected chi connectivity index (χ0v) is 33.8. The third-order valence-electron chi connectivity index (χ3n) is 11.0. The quantitative estimate of drug-likeness (QED) is 0.0692. The van der Waals surface area contributed by atoms with E-state index in [-0.39, 0.29) is 13.1 Å². The van der Waals surface area contributed by atoms with Crippen LogP contribution in [0, 0.1) is 0 Å². The molecule has 2 heterocycles. The number of fused-ring (bicyclic) bond motifs is 5. The molecule has 19 heteroatoms. The summed E-state index contributed by atoms with van der Waals surface area (Å²) in [6.45, 7) is 3.46. The van der Waals surface area contributed by atoms with E-state index in [4.69, 9.17) is 0 Å². The summed E-state index contributed by atoms with van der Waals surface area (Å²) in [7, 11) is -14.3. The molecule has 4 aliphatic rings. The molecule has 2 fully saturated rings. The fourth-order valence-corrected chi connectivity index (χ4v) is 10.8. The fourth-order valence-electron chi connectivity index (χ4n) is 8.81. The van der Waals surface area contributed by atoms with Gasteiger partial charge >= 0.3 is 0 Å². The standard InChI is InChI=1S/C37H44N2O13S4/c1-24(8-9-25-14-17-36(2)30-18-28(53-52-42)10-12-32(30)39(35(25)36)21-27(41)23-55(46,47)48)6-5-7-34-37(15-3-4-16-37)31-19-29(56(49,50)51)11-13-33(31)38(34)20-26(40)22-54(43,44)45/h5-13,18-19,26-27,40-41H,3-4,14-17,20-23H2,1-2H3,(H3-,42,43,44,45,46,47,48,49,50,51)/p-3. The van der Waals surface area contributed by atoms with Crippen molar-refractivity contribution in [2.45, 2.75) is 85.2 Å². The molecule has 3 unspecified atom stereocenters. The zero-order chi connectivity index (χ0) is 40.8. The lowest BCUT2D eigenvalue weighted by Crippen LogP contribution is -2.37. The van der Waals surface area contributed by atoms with Gasteiger partial charge in [-0.15, -0.1) is 0 Å². The van der Waals surface area contributed by atoms with Crippen LogP contribution in [0.1, 0.15) is 63.5 Å². The van der Waals surface area contributed by atoms with E-state index < -0.39 is 69.8 Å². The Balaban J connectivity index is 1.35. The van der Waals surface area contributed by atoms with E-state index in [1.165, 1.54) is 18.2 Å². The lowest BCUT2D eigenvalue weighted by atomic mass is 9.78. The summed E-state index contributed by atoms with van der Waals surface area (Å²) >= 11 is 0.659. The number of hydrogen-bond donors (Lipinski definition) is 2. The van der Waals surface area contributed by atoms with E-state index in [1.54, 1.807) is 23.1 Å². The van der Waals surface area contributed by atoms with E-state index in [1.807, 2.05) is 48.8 Å². The maximum absolute atomic E-state index is 12.0. The summed E-state index contributed by atoms with van der Waals surface area (Å²) in [5.41, 5.74) is 4.57. The number of aliphatic hydroxyl groups is 2. The van der Waals surface area contributed by atoms with E-state index in [2.05, 4.69) is 4.33 Å². The van der Waals surface area contributed by atoms with Crippen LogP contribution in [0.3, 0.4) is 0 Å². The maximum Gasteiger partial charge on any atom is 0.209 e. The number of anilines is 1. The third kappa shape index (κ3) is 8.77. The first-order valence-electron chi connectivity index (χ1n) is 17.8. The summed E-state index contributed by atoms with van der Waals surface area (Å²) in [6, 6.07) is 9.26. The Labute approximate surface area is 330 Å². The molecule has 2 aromatic carbocycles. The molecule has 2 aliphatic heterocycles. The van der Waals surface area contributed by atoms with Gasteiger partial charge in [-0.25, -0.2) is 25.3 Å². The fraction of sp³-hybridized carbons (Fsp3) is 0.432. The maximum atomic E-state index is 12.0. The molecule has 15 nitrogen and oxygen atoms in total. The molecular weight excluding hydrogens is 809 g/mol. The van der Waals surface area contributed by atoms with Crippen molar-refractivity contribution in [3.05, 3.63) is 94.7 Å². The highest BCUT2D eigenvalue weighted by molar-refractivity contribution is 7.94. The van der Waals surface area contributed by atoms with Crippen molar-refractivity contribution < 1.29 is 63.3 Å². The SMILES string of the molecule is CC(/C=C/C=C1\N(CC(O)CS(=O)(=O)[O-])c2ccc(S(=O)(=O)[O-])cc2C12CCCC2)=C\C=C1/CCC2(C)C1=[N+](CC(O)CS(=O)(=O)[O-])c1ccc(SO[O-])cc12. The summed E-state index contributed by atoms with van der Waals surface area (Å²) in [5.74, 6) is -1.98. The minimum absolute atomic E-state index is 0.157. The molecular formula is C37H41N2O13S4-3. The first kappa shape index (κ1) is 42.4. The Morgan fingerprint density at radius 2 is 1.62 bits per heavy atom.